The van der Waals surface area contributed by atoms with Crippen LogP contribution in [0.2, 0.25) is 0 Å². The molecule has 6 rings (SSSR count). The minimum absolute atomic E-state index is 0.162. The van der Waals surface area contributed by atoms with Gasteiger partial charge in [-0.25, -0.2) is 4.98 Å². The molecule has 0 spiro atoms. The lowest BCUT2D eigenvalue weighted by Gasteiger charge is -2.19. The third kappa shape index (κ3) is 5.46. The van der Waals surface area contributed by atoms with Gasteiger partial charge in [-0.3, -0.25) is 9.97 Å². The molecule has 2 aromatic carbocycles. The van der Waals surface area contributed by atoms with Crippen molar-refractivity contribution in [1.29, 1.82) is 0 Å². The number of hydrogen-bond donors (Lipinski definition) is 3. The van der Waals surface area contributed by atoms with Gasteiger partial charge in [-0.1, -0.05) is 30.3 Å². The number of nitrogens with zero attached hydrogens (tertiary/aromatic N) is 3. The smallest absolute Gasteiger partial charge is 0.162 e. The van der Waals surface area contributed by atoms with Crippen LogP contribution in [-0.4, -0.2) is 54.9 Å². The molecule has 1 atom stereocenters. The van der Waals surface area contributed by atoms with Crippen molar-refractivity contribution in [2.75, 3.05) is 39.6 Å². The van der Waals surface area contributed by atoms with Crippen LogP contribution in [0.5, 0.6) is 17.2 Å². The fourth-order valence-corrected chi connectivity index (χ4v) is 5.31. The summed E-state index contributed by atoms with van der Waals surface area (Å²) in [5, 5.41) is 6.09. The Balaban J connectivity index is 1.16. The molecular formula is C32H34N6O3. The summed E-state index contributed by atoms with van der Waals surface area (Å²) in [6.07, 6.45) is 7.56. The predicted octanol–water partition coefficient (Wildman–Crippen LogP) is 4.47. The number of anilines is 1. The van der Waals surface area contributed by atoms with Gasteiger partial charge < -0.3 is 31.0 Å². The van der Waals surface area contributed by atoms with Gasteiger partial charge in [0.25, 0.3) is 0 Å². The van der Waals surface area contributed by atoms with E-state index < -0.39 is 0 Å². The molecule has 1 saturated carbocycles. The molecule has 1 aliphatic carbocycles. The van der Waals surface area contributed by atoms with Crippen molar-refractivity contribution < 1.29 is 14.2 Å². The maximum Gasteiger partial charge on any atom is 0.162 e. The summed E-state index contributed by atoms with van der Waals surface area (Å²) in [5.41, 5.74) is 16.6. The maximum atomic E-state index is 6.38. The highest BCUT2D eigenvalue weighted by molar-refractivity contribution is 6.10. The zero-order valence-corrected chi connectivity index (χ0v) is 23.3. The molecule has 0 aliphatic heterocycles. The second-order valence-electron chi connectivity index (χ2n) is 10.6. The first-order chi connectivity index (χ1) is 20.0. The molecule has 1 fully saturated rings. The minimum atomic E-state index is -0.162. The van der Waals surface area contributed by atoms with Crippen LogP contribution in [0.4, 0.5) is 5.82 Å². The van der Waals surface area contributed by atoms with Crippen LogP contribution >= 0.6 is 0 Å². The molecule has 9 nitrogen and oxygen atoms in total. The molecule has 0 unspecified atom stereocenters. The predicted molar refractivity (Wildman–Crippen MR) is 161 cm³/mol. The van der Waals surface area contributed by atoms with Crippen LogP contribution in [0, 0.1) is 0 Å². The molecule has 41 heavy (non-hydrogen) atoms. The number of fused-ring (bicyclic) bond motifs is 3. The van der Waals surface area contributed by atoms with Crippen molar-refractivity contribution in [3.63, 3.8) is 0 Å². The zero-order valence-electron chi connectivity index (χ0n) is 23.3. The summed E-state index contributed by atoms with van der Waals surface area (Å²) in [6, 6.07) is 18.2. The quantitative estimate of drug-likeness (QED) is 0.204. The van der Waals surface area contributed by atoms with Crippen molar-refractivity contribution >= 4 is 27.5 Å². The number of hydrogen-bond acceptors (Lipinski definition) is 9. The van der Waals surface area contributed by atoms with Gasteiger partial charge in [-0.05, 0) is 42.0 Å². The Morgan fingerprint density at radius 1 is 0.927 bits per heavy atom. The number of methoxy groups -OCH3 is 2. The summed E-state index contributed by atoms with van der Waals surface area (Å²) in [6.45, 7) is 1.95. The average molecular weight is 551 g/mol. The summed E-state index contributed by atoms with van der Waals surface area (Å²) < 4.78 is 17.0. The summed E-state index contributed by atoms with van der Waals surface area (Å²) in [5.74, 6) is 2.22. The van der Waals surface area contributed by atoms with E-state index in [4.69, 9.17) is 25.7 Å². The highest BCUT2D eigenvalue weighted by Crippen LogP contribution is 2.47. The lowest BCUT2D eigenvalue weighted by molar-refractivity contribution is 0.282. The van der Waals surface area contributed by atoms with Crippen molar-refractivity contribution in [3.8, 4) is 28.5 Å². The minimum Gasteiger partial charge on any atom is -0.493 e. The Kier molecular flexibility index (Phi) is 7.30. The van der Waals surface area contributed by atoms with Crippen LogP contribution in [0.15, 0.2) is 73.2 Å². The molecule has 0 amide bonds. The van der Waals surface area contributed by atoms with E-state index in [9.17, 15) is 0 Å². The fourth-order valence-electron chi connectivity index (χ4n) is 5.31. The molecule has 5 aromatic rings. The summed E-state index contributed by atoms with van der Waals surface area (Å²) in [7, 11) is 3.21. The van der Waals surface area contributed by atoms with Gasteiger partial charge in [0.15, 0.2) is 11.5 Å². The SMILES string of the molecule is COc1cc2ncc3c(N)nc(-c4cncc(OC[C@@H](N)CNCC5(c6ccccc6)CC5)c4)cc3c2cc1OC. The standard InChI is InChI=1S/C32H34N6O3/c1-39-29-12-25-24-11-27(38-31(34)26(24)17-37-28(25)13-30(29)40-2)20-10-23(16-35-14-20)41-18-22(33)15-36-19-32(8-9-32)21-6-4-3-5-7-21/h3-7,10-14,16-17,22,36H,8-9,15,18-19,33H2,1-2H3,(H2,34,38)/t22-/m0/s1. The molecule has 0 bridgehead atoms. The van der Waals surface area contributed by atoms with Gasteiger partial charge in [0.05, 0.1) is 37.7 Å². The number of ether oxygens (including phenoxy) is 3. The first-order valence-corrected chi connectivity index (χ1v) is 13.7. The van der Waals surface area contributed by atoms with Crippen LogP contribution < -0.4 is 31.0 Å². The van der Waals surface area contributed by atoms with E-state index in [1.807, 2.05) is 24.3 Å². The maximum absolute atomic E-state index is 6.38. The third-order valence-corrected chi connectivity index (χ3v) is 7.80. The number of nitrogens with two attached hydrogens (primary N) is 2. The molecule has 3 aromatic heterocycles. The number of nitrogens with one attached hydrogen (secondary N) is 1. The summed E-state index contributed by atoms with van der Waals surface area (Å²) in [4.78, 5) is 13.6. The van der Waals surface area contributed by atoms with Gasteiger partial charge in [0.1, 0.15) is 18.2 Å². The van der Waals surface area contributed by atoms with E-state index in [2.05, 4.69) is 50.6 Å². The van der Waals surface area contributed by atoms with E-state index in [-0.39, 0.29) is 11.5 Å². The number of benzene rings is 2. The molecule has 0 saturated heterocycles. The Morgan fingerprint density at radius 2 is 1.71 bits per heavy atom. The number of pyridine rings is 3. The van der Waals surface area contributed by atoms with E-state index in [0.29, 0.717) is 41.9 Å². The number of nitrogen functional groups attached to an aromatic ring is 1. The fraction of sp³-hybridized carbons (Fsp3) is 0.281. The molecule has 0 radical (unpaired) electrons. The van der Waals surface area contributed by atoms with Crippen molar-refractivity contribution in [2.24, 2.45) is 5.73 Å². The van der Waals surface area contributed by atoms with Gasteiger partial charge >= 0.3 is 0 Å². The zero-order chi connectivity index (χ0) is 28.4. The molecule has 5 N–H and O–H groups in total. The third-order valence-electron chi connectivity index (χ3n) is 7.80. The molecule has 210 valence electrons. The Labute approximate surface area is 238 Å². The second-order valence-corrected chi connectivity index (χ2v) is 10.6. The largest absolute Gasteiger partial charge is 0.493 e. The van der Waals surface area contributed by atoms with Crippen LogP contribution in [0.3, 0.4) is 0 Å². The average Bonchev–Trinajstić information content (AvgIpc) is 3.80. The normalized spacial score (nSPS) is 14.6. The van der Waals surface area contributed by atoms with Gasteiger partial charge in [0, 0.05) is 53.3 Å². The second kappa shape index (κ2) is 11.2. The Hall–Kier alpha value is -4.47. The highest BCUT2D eigenvalue weighted by Gasteiger charge is 2.43. The van der Waals surface area contributed by atoms with Gasteiger partial charge in [-0.2, -0.15) is 0 Å². The van der Waals surface area contributed by atoms with E-state index in [1.165, 1.54) is 18.4 Å². The number of aromatic nitrogens is 3. The lowest BCUT2D eigenvalue weighted by atomic mass is 9.96. The molecule has 9 heteroatoms. The molecule has 1 aliphatic rings. The monoisotopic (exact) mass is 550 g/mol. The first kappa shape index (κ1) is 26.7. The summed E-state index contributed by atoms with van der Waals surface area (Å²) >= 11 is 0. The lowest BCUT2D eigenvalue weighted by Crippen LogP contribution is -2.41. The van der Waals surface area contributed by atoms with Crippen LogP contribution in [0.25, 0.3) is 32.9 Å². The molecular weight excluding hydrogens is 516 g/mol. The van der Waals surface area contributed by atoms with Crippen molar-refractivity contribution in [1.82, 2.24) is 20.3 Å². The first-order valence-electron chi connectivity index (χ1n) is 13.7. The van der Waals surface area contributed by atoms with Crippen LogP contribution in [-0.2, 0) is 5.41 Å². The Bertz CT molecular complexity index is 1690. The van der Waals surface area contributed by atoms with E-state index in [0.717, 1.165) is 33.8 Å². The van der Waals surface area contributed by atoms with Gasteiger partial charge in [-0.15, -0.1) is 0 Å². The van der Waals surface area contributed by atoms with E-state index >= 15 is 0 Å². The highest BCUT2D eigenvalue weighted by atomic mass is 16.5. The van der Waals surface area contributed by atoms with E-state index in [1.54, 1.807) is 32.8 Å². The number of rotatable bonds is 11. The van der Waals surface area contributed by atoms with Crippen molar-refractivity contribution in [2.45, 2.75) is 24.3 Å². The molecule has 3 heterocycles. The van der Waals surface area contributed by atoms with Crippen molar-refractivity contribution in [3.05, 3.63) is 78.8 Å². The van der Waals surface area contributed by atoms with Crippen LogP contribution in [0.1, 0.15) is 18.4 Å². The Morgan fingerprint density at radius 3 is 2.46 bits per heavy atom. The topological polar surface area (TPSA) is 130 Å². The van der Waals surface area contributed by atoms with Gasteiger partial charge in [0.2, 0.25) is 0 Å².